The van der Waals surface area contributed by atoms with Gasteiger partial charge in [0.2, 0.25) is 5.91 Å². The van der Waals surface area contributed by atoms with Crippen molar-refractivity contribution in [2.24, 2.45) is 5.92 Å². The van der Waals surface area contributed by atoms with E-state index in [9.17, 15) is 14.4 Å². The highest BCUT2D eigenvalue weighted by Crippen LogP contribution is 2.16. The summed E-state index contributed by atoms with van der Waals surface area (Å²) >= 11 is 3.09. The third-order valence-electron chi connectivity index (χ3n) is 3.47. The molecule has 0 spiro atoms. The molecular formula is C18H24BrNO5. The van der Waals surface area contributed by atoms with Crippen LogP contribution in [0.3, 0.4) is 0 Å². The van der Waals surface area contributed by atoms with E-state index in [4.69, 9.17) is 9.47 Å². The monoisotopic (exact) mass is 413 g/mol. The van der Waals surface area contributed by atoms with Crippen molar-refractivity contribution in [3.05, 3.63) is 35.9 Å². The van der Waals surface area contributed by atoms with Crippen molar-refractivity contribution in [1.29, 1.82) is 0 Å². The fraction of sp³-hybridized carbons (Fsp3) is 0.500. The van der Waals surface area contributed by atoms with Crippen LogP contribution in [0.1, 0.15) is 26.3 Å². The van der Waals surface area contributed by atoms with Gasteiger partial charge in [0.1, 0.15) is 19.2 Å². The van der Waals surface area contributed by atoms with E-state index in [1.54, 1.807) is 20.8 Å². The molecule has 138 valence electrons. The van der Waals surface area contributed by atoms with Gasteiger partial charge in [0.05, 0.1) is 11.9 Å². The van der Waals surface area contributed by atoms with E-state index in [-0.39, 0.29) is 36.9 Å². The summed E-state index contributed by atoms with van der Waals surface area (Å²) in [5.41, 5.74) is 0.849. The number of amides is 1. The number of hydrogen-bond acceptors (Lipinski definition) is 5. The lowest BCUT2D eigenvalue weighted by molar-refractivity contribution is -0.161. The van der Waals surface area contributed by atoms with Gasteiger partial charge in [-0.2, -0.15) is 0 Å². The zero-order valence-electron chi connectivity index (χ0n) is 14.7. The summed E-state index contributed by atoms with van der Waals surface area (Å²) in [5.74, 6) is -1.69. The molecule has 0 aromatic heterocycles. The first-order valence-corrected chi connectivity index (χ1v) is 9.24. The summed E-state index contributed by atoms with van der Waals surface area (Å²) in [4.78, 5) is 37.8. The van der Waals surface area contributed by atoms with Crippen LogP contribution in [0, 0.1) is 5.92 Å². The van der Waals surface area contributed by atoms with E-state index in [1.807, 2.05) is 30.3 Å². The second kappa shape index (κ2) is 10.9. The number of hydrogen-bond donors (Lipinski definition) is 0. The molecule has 0 aliphatic rings. The average Bonchev–Trinajstić information content (AvgIpc) is 2.59. The number of carbonyl (C=O) groups excluding carboxylic acids is 3. The van der Waals surface area contributed by atoms with Crippen molar-refractivity contribution in [1.82, 2.24) is 4.90 Å². The molecule has 6 nitrogen and oxygen atoms in total. The van der Waals surface area contributed by atoms with Crippen molar-refractivity contribution in [2.75, 3.05) is 18.5 Å². The van der Waals surface area contributed by atoms with Crippen LogP contribution in [0.15, 0.2) is 30.3 Å². The Morgan fingerprint density at radius 3 is 2.28 bits per heavy atom. The van der Waals surface area contributed by atoms with E-state index in [2.05, 4.69) is 15.9 Å². The Morgan fingerprint density at radius 2 is 1.76 bits per heavy atom. The molecule has 1 atom stereocenters. The van der Waals surface area contributed by atoms with Gasteiger partial charge in [0.25, 0.3) is 0 Å². The molecule has 0 aliphatic carbocycles. The topological polar surface area (TPSA) is 72.9 Å². The van der Waals surface area contributed by atoms with Crippen molar-refractivity contribution >= 4 is 33.8 Å². The van der Waals surface area contributed by atoms with Crippen molar-refractivity contribution in [2.45, 2.75) is 33.4 Å². The highest BCUT2D eigenvalue weighted by atomic mass is 79.9. The lowest BCUT2D eigenvalue weighted by Crippen LogP contribution is -2.51. The first-order chi connectivity index (χ1) is 11.9. The summed E-state index contributed by atoms with van der Waals surface area (Å²) in [6, 6.07) is 8.40. The number of alkyl halides is 1. The minimum absolute atomic E-state index is 0.00158. The van der Waals surface area contributed by atoms with E-state index >= 15 is 0 Å². The largest absolute Gasteiger partial charge is 0.465 e. The van der Waals surface area contributed by atoms with E-state index in [1.165, 1.54) is 4.90 Å². The fourth-order valence-electron chi connectivity index (χ4n) is 2.34. The fourth-order valence-corrected chi connectivity index (χ4v) is 2.66. The van der Waals surface area contributed by atoms with Gasteiger partial charge in [0.15, 0.2) is 0 Å². The zero-order chi connectivity index (χ0) is 18.8. The second-order valence-corrected chi connectivity index (χ2v) is 6.30. The van der Waals surface area contributed by atoms with Gasteiger partial charge in [-0.3, -0.25) is 9.59 Å². The molecular weight excluding hydrogens is 390 g/mol. The van der Waals surface area contributed by atoms with Gasteiger partial charge in [-0.25, -0.2) is 4.79 Å². The Kier molecular flexibility index (Phi) is 9.20. The molecule has 0 bridgehead atoms. The Bertz CT molecular complexity index is 576. The maximum atomic E-state index is 12.6. The quantitative estimate of drug-likeness (QED) is 0.459. The highest BCUT2D eigenvalue weighted by Gasteiger charge is 2.34. The second-order valence-electron chi connectivity index (χ2n) is 5.74. The Hall–Kier alpha value is -1.89. The van der Waals surface area contributed by atoms with Gasteiger partial charge in [-0.05, 0) is 18.4 Å². The highest BCUT2D eigenvalue weighted by molar-refractivity contribution is 9.09. The number of rotatable bonds is 9. The molecule has 0 unspecified atom stereocenters. The Morgan fingerprint density at radius 1 is 1.12 bits per heavy atom. The van der Waals surface area contributed by atoms with Gasteiger partial charge < -0.3 is 14.4 Å². The lowest BCUT2D eigenvalue weighted by atomic mass is 10.0. The molecule has 0 heterocycles. The molecule has 0 saturated carbocycles. The Labute approximate surface area is 156 Å². The summed E-state index contributed by atoms with van der Waals surface area (Å²) in [7, 11) is 0. The molecule has 1 aromatic rings. The molecule has 0 fully saturated rings. The molecule has 0 aliphatic heterocycles. The normalized spacial score (nSPS) is 11.7. The summed E-state index contributed by atoms with van der Waals surface area (Å²) in [5, 5.41) is 0.00158. The Balaban J connectivity index is 2.88. The first kappa shape index (κ1) is 21.2. The SMILES string of the molecule is CCOC(=O)CN(C(=O)CBr)[C@H](C(=O)OCc1ccccc1)C(C)C. The third-order valence-corrected chi connectivity index (χ3v) is 3.95. The van der Waals surface area contributed by atoms with Crippen molar-refractivity contribution < 1.29 is 23.9 Å². The van der Waals surface area contributed by atoms with Crippen LogP contribution in [0.5, 0.6) is 0 Å². The van der Waals surface area contributed by atoms with Gasteiger partial charge >= 0.3 is 11.9 Å². The predicted molar refractivity (Wildman–Crippen MR) is 97.0 cm³/mol. The molecule has 1 aromatic carbocycles. The van der Waals surface area contributed by atoms with Gasteiger partial charge in [-0.15, -0.1) is 0 Å². The minimum atomic E-state index is -0.863. The summed E-state index contributed by atoms with van der Waals surface area (Å²) in [6.07, 6.45) is 0. The van der Waals surface area contributed by atoms with Crippen LogP contribution in [0.2, 0.25) is 0 Å². The number of esters is 2. The average molecular weight is 414 g/mol. The zero-order valence-corrected chi connectivity index (χ0v) is 16.3. The smallest absolute Gasteiger partial charge is 0.329 e. The van der Waals surface area contributed by atoms with E-state index in [0.29, 0.717) is 0 Å². The van der Waals surface area contributed by atoms with Crippen LogP contribution in [-0.4, -0.2) is 47.3 Å². The number of ether oxygens (including phenoxy) is 2. The van der Waals surface area contributed by atoms with Crippen LogP contribution in [0.25, 0.3) is 0 Å². The van der Waals surface area contributed by atoms with Crippen LogP contribution in [-0.2, 0) is 30.5 Å². The third kappa shape index (κ3) is 6.86. The lowest BCUT2D eigenvalue weighted by Gasteiger charge is -2.31. The number of carbonyl (C=O) groups is 3. The molecule has 25 heavy (non-hydrogen) atoms. The summed E-state index contributed by atoms with van der Waals surface area (Å²) < 4.78 is 10.3. The van der Waals surface area contributed by atoms with Crippen LogP contribution in [0.4, 0.5) is 0 Å². The molecule has 0 radical (unpaired) electrons. The number of benzene rings is 1. The van der Waals surface area contributed by atoms with Crippen LogP contribution >= 0.6 is 15.9 Å². The molecule has 0 N–H and O–H groups in total. The maximum Gasteiger partial charge on any atom is 0.329 e. The van der Waals surface area contributed by atoms with Gasteiger partial charge in [0, 0.05) is 0 Å². The van der Waals surface area contributed by atoms with E-state index < -0.39 is 18.0 Å². The van der Waals surface area contributed by atoms with Gasteiger partial charge in [-0.1, -0.05) is 60.1 Å². The minimum Gasteiger partial charge on any atom is -0.465 e. The maximum absolute atomic E-state index is 12.6. The molecule has 1 amide bonds. The van der Waals surface area contributed by atoms with E-state index in [0.717, 1.165) is 5.56 Å². The number of nitrogens with zero attached hydrogens (tertiary/aromatic N) is 1. The molecule has 7 heteroatoms. The number of halogens is 1. The van der Waals surface area contributed by atoms with Crippen molar-refractivity contribution in [3.8, 4) is 0 Å². The van der Waals surface area contributed by atoms with Crippen molar-refractivity contribution in [3.63, 3.8) is 0 Å². The molecule has 0 saturated heterocycles. The van der Waals surface area contributed by atoms with Crippen LogP contribution < -0.4 is 0 Å². The molecule has 1 rings (SSSR count). The first-order valence-electron chi connectivity index (χ1n) is 8.12. The summed E-state index contributed by atoms with van der Waals surface area (Å²) in [6.45, 7) is 5.31. The predicted octanol–water partition coefficient (Wildman–Crippen LogP) is 2.54. The standard InChI is InChI=1S/C18H24BrNO5/c1-4-24-16(22)11-20(15(21)10-19)17(13(2)3)18(23)25-12-14-8-6-5-7-9-14/h5-9,13,17H,4,10-12H2,1-3H3/t17-/m0/s1.